The van der Waals surface area contributed by atoms with Gasteiger partial charge in [-0.2, -0.15) is 0 Å². The Morgan fingerprint density at radius 2 is 1.65 bits per heavy atom. The molecule has 0 spiro atoms. The first-order valence-corrected chi connectivity index (χ1v) is 14.7. The summed E-state index contributed by atoms with van der Waals surface area (Å²) in [6.07, 6.45) is 0. The van der Waals surface area contributed by atoms with Crippen LogP contribution in [0.4, 0.5) is 15.9 Å². The van der Waals surface area contributed by atoms with Crippen molar-refractivity contribution in [1.29, 1.82) is 0 Å². The zero-order valence-corrected chi connectivity index (χ0v) is 23.5. The number of rotatable bonds is 7. The molecule has 2 fully saturated rings. The third kappa shape index (κ3) is 6.21. The lowest BCUT2D eigenvalue weighted by Gasteiger charge is -2.36. The first-order valence-electron chi connectivity index (χ1n) is 13.3. The maximum Gasteiger partial charge on any atom is 0.233 e. The molecule has 2 aromatic carbocycles. The Morgan fingerprint density at radius 3 is 2.45 bits per heavy atom. The smallest absolute Gasteiger partial charge is 0.233 e. The van der Waals surface area contributed by atoms with E-state index in [4.69, 9.17) is 21.1 Å². The van der Waals surface area contributed by atoms with Gasteiger partial charge in [-0.1, -0.05) is 41.6 Å². The Bertz CT molecular complexity index is 1370. The van der Waals surface area contributed by atoms with E-state index in [1.54, 1.807) is 18.2 Å². The van der Waals surface area contributed by atoms with Gasteiger partial charge in [-0.05, 0) is 29.8 Å². The van der Waals surface area contributed by atoms with Crippen LogP contribution in [0.5, 0.6) is 11.5 Å². The molecule has 0 N–H and O–H groups in total. The van der Waals surface area contributed by atoms with Crippen molar-refractivity contribution in [2.45, 2.75) is 11.7 Å². The van der Waals surface area contributed by atoms with E-state index in [0.717, 1.165) is 37.0 Å². The highest BCUT2D eigenvalue weighted by Crippen LogP contribution is 2.33. The Hall–Kier alpha value is -3.28. The molecular weight excluding hydrogens is 555 g/mol. The van der Waals surface area contributed by atoms with Crippen LogP contribution in [-0.2, 0) is 11.3 Å². The fourth-order valence-electron chi connectivity index (χ4n) is 5.17. The van der Waals surface area contributed by atoms with Gasteiger partial charge in [-0.3, -0.25) is 9.69 Å². The predicted molar refractivity (Wildman–Crippen MR) is 153 cm³/mol. The quantitative estimate of drug-likeness (QED) is 0.234. The number of aromatic nitrogens is 2. The summed E-state index contributed by atoms with van der Waals surface area (Å²) >= 11 is 7.63. The Kier molecular flexibility index (Phi) is 8.12. The number of para-hydroxylation sites is 1. The van der Waals surface area contributed by atoms with E-state index in [2.05, 4.69) is 25.8 Å². The number of nitrogens with zero attached hydrogens (tertiary/aromatic N) is 6. The number of benzene rings is 2. The lowest BCUT2D eigenvalue weighted by Crippen LogP contribution is -2.48. The summed E-state index contributed by atoms with van der Waals surface area (Å²) in [6.45, 7) is 6.75. The van der Waals surface area contributed by atoms with Crippen molar-refractivity contribution in [3.05, 3.63) is 65.1 Å². The number of piperazine rings is 2. The van der Waals surface area contributed by atoms with Crippen molar-refractivity contribution in [3.63, 3.8) is 0 Å². The van der Waals surface area contributed by atoms with E-state index in [0.29, 0.717) is 55.3 Å². The first-order chi connectivity index (χ1) is 19.5. The van der Waals surface area contributed by atoms with E-state index in [1.807, 2.05) is 28.0 Å². The molecule has 1 amide bonds. The number of ether oxygens (including phenoxy) is 2. The summed E-state index contributed by atoms with van der Waals surface area (Å²) in [5.41, 5.74) is 1.79. The highest BCUT2D eigenvalue weighted by atomic mass is 35.5. The second-order valence-electron chi connectivity index (χ2n) is 9.89. The van der Waals surface area contributed by atoms with Gasteiger partial charge in [-0.15, -0.1) is 0 Å². The van der Waals surface area contributed by atoms with Crippen LogP contribution in [0, 0.1) is 5.82 Å². The number of fused-ring (bicyclic) bond motifs is 1. The van der Waals surface area contributed by atoms with Gasteiger partial charge in [0.2, 0.25) is 12.7 Å². The number of hydrogen-bond acceptors (Lipinski definition) is 9. The Morgan fingerprint density at radius 1 is 0.900 bits per heavy atom. The van der Waals surface area contributed by atoms with Gasteiger partial charge in [0.15, 0.2) is 16.7 Å². The van der Waals surface area contributed by atoms with Crippen LogP contribution in [0.15, 0.2) is 53.7 Å². The van der Waals surface area contributed by atoms with Crippen molar-refractivity contribution >= 4 is 40.8 Å². The molecule has 0 unspecified atom stereocenters. The molecule has 9 nitrogen and oxygen atoms in total. The minimum Gasteiger partial charge on any atom is -0.454 e. The molecule has 3 aliphatic rings. The van der Waals surface area contributed by atoms with E-state index >= 15 is 0 Å². The lowest BCUT2D eigenvalue weighted by atomic mass is 10.1. The van der Waals surface area contributed by atoms with E-state index in [1.165, 1.54) is 23.4 Å². The molecule has 0 radical (unpaired) electrons. The molecule has 1 aromatic heterocycles. The van der Waals surface area contributed by atoms with E-state index in [9.17, 15) is 9.18 Å². The number of halogens is 2. The summed E-state index contributed by atoms with van der Waals surface area (Å²) in [5.74, 6) is 2.41. The molecular formula is C28H30ClFN6O3S. The van der Waals surface area contributed by atoms with Gasteiger partial charge in [0.25, 0.3) is 0 Å². The summed E-state index contributed by atoms with van der Waals surface area (Å²) < 4.78 is 25.1. The summed E-state index contributed by atoms with van der Waals surface area (Å²) in [7, 11) is 0. The molecule has 4 heterocycles. The molecule has 40 heavy (non-hydrogen) atoms. The van der Waals surface area contributed by atoms with Gasteiger partial charge in [-0.25, -0.2) is 14.4 Å². The fourth-order valence-corrected chi connectivity index (χ4v) is 6.15. The zero-order valence-electron chi connectivity index (χ0n) is 22.0. The molecule has 12 heteroatoms. The summed E-state index contributed by atoms with van der Waals surface area (Å²) in [6, 6.07) is 14.6. The van der Waals surface area contributed by atoms with Crippen LogP contribution < -0.4 is 19.3 Å². The van der Waals surface area contributed by atoms with E-state index < -0.39 is 0 Å². The predicted octanol–water partition coefficient (Wildman–Crippen LogP) is 3.76. The fraction of sp³-hybridized carbons (Fsp3) is 0.393. The van der Waals surface area contributed by atoms with Gasteiger partial charge >= 0.3 is 0 Å². The lowest BCUT2D eigenvalue weighted by molar-refractivity contribution is -0.130. The monoisotopic (exact) mass is 584 g/mol. The van der Waals surface area contributed by atoms with Crippen LogP contribution >= 0.6 is 23.4 Å². The molecule has 0 saturated carbocycles. The highest BCUT2D eigenvalue weighted by Gasteiger charge is 2.24. The normalized spacial score (nSPS) is 17.4. The summed E-state index contributed by atoms with van der Waals surface area (Å²) in [5, 5.41) is 0.822. The Labute approximate surface area is 241 Å². The standard InChI is InChI=1S/C28H30ClFN6O3S/c29-25-16-26(35-13-11-34(12-14-35)22-4-2-1-3-21(22)30)32-28(31-25)40-18-27(37)36-9-7-33(8-10-36)17-20-5-6-23-24(15-20)39-19-38-23/h1-6,15-16H,7-14,17-19H2. The first kappa shape index (κ1) is 26.9. The van der Waals surface area contributed by atoms with Crippen LogP contribution in [0.25, 0.3) is 0 Å². The maximum atomic E-state index is 14.2. The molecule has 0 aliphatic carbocycles. The number of carbonyl (C=O) groups excluding carboxylic acids is 1. The molecule has 3 aliphatic heterocycles. The van der Waals surface area contributed by atoms with Crippen LogP contribution in [0.3, 0.4) is 0 Å². The van der Waals surface area contributed by atoms with Crippen LogP contribution in [-0.4, -0.2) is 90.6 Å². The van der Waals surface area contributed by atoms with Gasteiger partial charge in [0.05, 0.1) is 11.4 Å². The SMILES string of the molecule is O=C(CSc1nc(Cl)cc(N2CCN(c3ccccc3F)CC2)n1)N1CCN(Cc2ccc3c(c2)OCO3)CC1. The average molecular weight is 585 g/mol. The highest BCUT2D eigenvalue weighted by molar-refractivity contribution is 7.99. The third-order valence-electron chi connectivity index (χ3n) is 7.35. The number of amides is 1. The molecule has 210 valence electrons. The second-order valence-corrected chi connectivity index (χ2v) is 11.2. The Balaban J connectivity index is 0.982. The number of thioether (sulfide) groups is 1. The van der Waals surface area contributed by atoms with Crippen molar-refractivity contribution in [3.8, 4) is 11.5 Å². The second kappa shape index (κ2) is 12.1. The molecule has 0 atom stereocenters. The maximum absolute atomic E-state index is 14.2. The molecule has 3 aromatic rings. The van der Waals surface area contributed by atoms with Gasteiger partial charge in [0, 0.05) is 65.0 Å². The number of anilines is 2. The largest absolute Gasteiger partial charge is 0.454 e. The van der Waals surface area contributed by atoms with Crippen LogP contribution in [0.2, 0.25) is 5.15 Å². The average Bonchev–Trinajstić information content (AvgIpc) is 3.44. The minimum absolute atomic E-state index is 0.0661. The van der Waals surface area contributed by atoms with Gasteiger partial charge < -0.3 is 24.2 Å². The number of carbonyl (C=O) groups is 1. The topological polar surface area (TPSA) is 74.3 Å². The minimum atomic E-state index is -0.213. The zero-order chi connectivity index (χ0) is 27.5. The number of hydrogen-bond donors (Lipinski definition) is 0. The molecule has 6 rings (SSSR count). The van der Waals surface area contributed by atoms with Gasteiger partial charge in [0.1, 0.15) is 16.8 Å². The molecule has 0 bridgehead atoms. The van der Waals surface area contributed by atoms with E-state index in [-0.39, 0.29) is 24.3 Å². The van der Waals surface area contributed by atoms with Crippen LogP contribution in [0.1, 0.15) is 5.56 Å². The van der Waals surface area contributed by atoms with Crippen molar-refractivity contribution in [2.75, 3.05) is 74.7 Å². The van der Waals surface area contributed by atoms with Crippen molar-refractivity contribution < 1.29 is 18.7 Å². The summed E-state index contributed by atoms with van der Waals surface area (Å²) in [4.78, 5) is 30.4. The van der Waals surface area contributed by atoms with Crippen molar-refractivity contribution in [2.24, 2.45) is 0 Å². The molecule has 2 saturated heterocycles. The third-order valence-corrected chi connectivity index (χ3v) is 8.38. The van der Waals surface area contributed by atoms with Crippen molar-refractivity contribution in [1.82, 2.24) is 19.8 Å².